The molecular formula is C10H20O3. The summed E-state index contributed by atoms with van der Waals surface area (Å²) in [5.41, 5.74) is 0. The lowest BCUT2D eigenvalue weighted by Crippen LogP contribution is -2.46. The molecule has 0 saturated carbocycles. The summed E-state index contributed by atoms with van der Waals surface area (Å²) >= 11 is 0. The van der Waals surface area contributed by atoms with Gasteiger partial charge < -0.3 is 14.6 Å². The fourth-order valence-corrected chi connectivity index (χ4v) is 1.96. The number of aliphatic hydroxyl groups is 1. The van der Waals surface area contributed by atoms with Crippen LogP contribution in [0.1, 0.15) is 20.8 Å². The molecule has 78 valence electrons. The molecule has 0 aliphatic carbocycles. The zero-order chi connectivity index (χ0) is 10.0. The third-order valence-corrected chi connectivity index (χ3v) is 3.40. The topological polar surface area (TPSA) is 38.7 Å². The standard InChI is InChI=1S/C10H20O3/c1-6-7(2)9(5-11)13-10(12-4)8(6)3/h6-11H,5H2,1-4H3/t6?,7?,8-,9?,10?/m0/s1. The number of ether oxygens (including phenoxy) is 2. The van der Waals surface area contributed by atoms with Crippen molar-refractivity contribution in [2.45, 2.75) is 33.2 Å². The number of rotatable bonds is 2. The summed E-state index contributed by atoms with van der Waals surface area (Å²) in [4.78, 5) is 0. The number of methoxy groups -OCH3 is 1. The molecule has 13 heavy (non-hydrogen) atoms. The highest BCUT2D eigenvalue weighted by atomic mass is 16.7. The Labute approximate surface area is 80.0 Å². The van der Waals surface area contributed by atoms with Gasteiger partial charge in [0.1, 0.15) is 0 Å². The van der Waals surface area contributed by atoms with E-state index in [1.807, 2.05) is 0 Å². The molecular weight excluding hydrogens is 168 g/mol. The maximum Gasteiger partial charge on any atom is 0.160 e. The van der Waals surface area contributed by atoms with Crippen molar-refractivity contribution < 1.29 is 14.6 Å². The van der Waals surface area contributed by atoms with Crippen molar-refractivity contribution in [1.82, 2.24) is 0 Å². The van der Waals surface area contributed by atoms with Crippen LogP contribution in [-0.4, -0.2) is 31.2 Å². The van der Waals surface area contributed by atoms with E-state index in [1.165, 1.54) is 0 Å². The van der Waals surface area contributed by atoms with Gasteiger partial charge in [0.2, 0.25) is 0 Å². The summed E-state index contributed by atoms with van der Waals surface area (Å²) in [5.74, 6) is 1.31. The Balaban J connectivity index is 2.66. The summed E-state index contributed by atoms with van der Waals surface area (Å²) in [7, 11) is 1.65. The van der Waals surface area contributed by atoms with E-state index in [4.69, 9.17) is 14.6 Å². The molecule has 1 heterocycles. The first-order valence-corrected chi connectivity index (χ1v) is 4.91. The monoisotopic (exact) mass is 188 g/mol. The normalized spacial score (nSPS) is 46.4. The van der Waals surface area contributed by atoms with Gasteiger partial charge >= 0.3 is 0 Å². The van der Waals surface area contributed by atoms with Gasteiger partial charge in [0.15, 0.2) is 6.29 Å². The van der Waals surface area contributed by atoms with Crippen LogP contribution in [0.3, 0.4) is 0 Å². The number of hydrogen-bond donors (Lipinski definition) is 1. The van der Waals surface area contributed by atoms with Gasteiger partial charge in [-0.1, -0.05) is 20.8 Å². The second-order valence-corrected chi connectivity index (χ2v) is 4.04. The lowest BCUT2D eigenvalue weighted by molar-refractivity contribution is -0.244. The fourth-order valence-electron chi connectivity index (χ4n) is 1.96. The molecule has 1 rings (SSSR count). The van der Waals surface area contributed by atoms with Crippen molar-refractivity contribution >= 4 is 0 Å². The minimum absolute atomic E-state index is 0.0730. The van der Waals surface area contributed by atoms with E-state index in [0.29, 0.717) is 17.8 Å². The van der Waals surface area contributed by atoms with Gasteiger partial charge in [0.25, 0.3) is 0 Å². The average molecular weight is 188 g/mol. The molecule has 0 amide bonds. The summed E-state index contributed by atoms with van der Waals surface area (Å²) in [6.45, 7) is 6.52. The second kappa shape index (κ2) is 4.40. The molecule has 0 bridgehead atoms. The largest absolute Gasteiger partial charge is 0.394 e. The molecule has 1 aliphatic rings. The Kier molecular flexibility index (Phi) is 3.71. The lowest BCUT2D eigenvalue weighted by atomic mass is 9.79. The Hall–Kier alpha value is -0.120. The zero-order valence-corrected chi connectivity index (χ0v) is 8.86. The first kappa shape index (κ1) is 11.0. The van der Waals surface area contributed by atoms with Crippen LogP contribution >= 0.6 is 0 Å². The van der Waals surface area contributed by atoms with E-state index in [9.17, 15) is 0 Å². The Morgan fingerprint density at radius 2 is 1.77 bits per heavy atom. The van der Waals surface area contributed by atoms with Crippen LogP contribution in [0.5, 0.6) is 0 Å². The Bertz CT molecular complexity index is 140. The van der Waals surface area contributed by atoms with Crippen LogP contribution in [-0.2, 0) is 9.47 Å². The molecule has 0 aromatic heterocycles. The molecule has 3 heteroatoms. The minimum atomic E-state index is -0.164. The quantitative estimate of drug-likeness (QED) is 0.709. The Morgan fingerprint density at radius 1 is 1.15 bits per heavy atom. The fraction of sp³-hybridized carbons (Fsp3) is 1.00. The van der Waals surface area contributed by atoms with Crippen LogP contribution in [0.15, 0.2) is 0 Å². The predicted molar refractivity (Wildman–Crippen MR) is 50.2 cm³/mol. The average Bonchev–Trinajstić information content (AvgIpc) is 2.15. The molecule has 1 aliphatic heterocycles. The summed E-state index contributed by atoms with van der Waals surface area (Å²) in [6.07, 6.45) is -0.237. The van der Waals surface area contributed by atoms with E-state index in [0.717, 1.165) is 0 Å². The van der Waals surface area contributed by atoms with Gasteiger partial charge in [0.05, 0.1) is 12.7 Å². The summed E-state index contributed by atoms with van der Waals surface area (Å²) in [6, 6.07) is 0. The first-order chi connectivity index (χ1) is 6.11. The van der Waals surface area contributed by atoms with E-state index in [-0.39, 0.29) is 19.0 Å². The third kappa shape index (κ3) is 2.03. The highest BCUT2D eigenvalue weighted by Crippen LogP contribution is 2.34. The maximum atomic E-state index is 9.10. The van der Waals surface area contributed by atoms with Crippen molar-refractivity contribution in [1.29, 1.82) is 0 Å². The predicted octanol–water partition coefficient (Wildman–Crippen LogP) is 1.26. The van der Waals surface area contributed by atoms with Crippen LogP contribution in [0, 0.1) is 17.8 Å². The van der Waals surface area contributed by atoms with Crippen LogP contribution < -0.4 is 0 Å². The highest BCUT2D eigenvalue weighted by molar-refractivity contribution is 4.82. The molecule has 1 saturated heterocycles. The van der Waals surface area contributed by atoms with Gasteiger partial charge in [-0.3, -0.25) is 0 Å². The zero-order valence-electron chi connectivity index (χ0n) is 8.86. The van der Waals surface area contributed by atoms with Crippen LogP contribution in [0.4, 0.5) is 0 Å². The van der Waals surface area contributed by atoms with E-state index < -0.39 is 0 Å². The molecule has 5 atom stereocenters. The van der Waals surface area contributed by atoms with Gasteiger partial charge in [-0.15, -0.1) is 0 Å². The maximum absolute atomic E-state index is 9.10. The van der Waals surface area contributed by atoms with Crippen molar-refractivity contribution in [3.05, 3.63) is 0 Å². The molecule has 0 aromatic rings. The van der Waals surface area contributed by atoms with Gasteiger partial charge in [0, 0.05) is 13.0 Å². The molecule has 0 aromatic carbocycles. The SMILES string of the molecule is COC1OC(CO)C(C)C(C)[C@@H]1C. The molecule has 0 radical (unpaired) electrons. The van der Waals surface area contributed by atoms with Gasteiger partial charge in [-0.25, -0.2) is 0 Å². The minimum Gasteiger partial charge on any atom is -0.394 e. The molecule has 1 fully saturated rings. The van der Waals surface area contributed by atoms with Crippen molar-refractivity contribution in [2.24, 2.45) is 17.8 Å². The van der Waals surface area contributed by atoms with Gasteiger partial charge in [-0.2, -0.15) is 0 Å². The first-order valence-electron chi connectivity index (χ1n) is 4.91. The van der Waals surface area contributed by atoms with Crippen LogP contribution in [0.25, 0.3) is 0 Å². The van der Waals surface area contributed by atoms with Crippen molar-refractivity contribution in [2.75, 3.05) is 13.7 Å². The third-order valence-electron chi connectivity index (χ3n) is 3.40. The molecule has 1 N–H and O–H groups in total. The van der Waals surface area contributed by atoms with E-state index >= 15 is 0 Å². The second-order valence-electron chi connectivity index (χ2n) is 4.04. The summed E-state index contributed by atoms with van der Waals surface area (Å²) in [5, 5.41) is 9.10. The smallest absolute Gasteiger partial charge is 0.160 e. The highest BCUT2D eigenvalue weighted by Gasteiger charge is 2.38. The number of aliphatic hydroxyl groups excluding tert-OH is 1. The van der Waals surface area contributed by atoms with E-state index in [1.54, 1.807) is 7.11 Å². The molecule has 0 spiro atoms. The van der Waals surface area contributed by atoms with E-state index in [2.05, 4.69) is 20.8 Å². The molecule has 4 unspecified atom stereocenters. The Morgan fingerprint density at radius 3 is 2.23 bits per heavy atom. The summed E-state index contributed by atoms with van der Waals surface area (Å²) < 4.78 is 10.8. The van der Waals surface area contributed by atoms with Crippen molar-refractivity contribution in [3.8, 4) is 0 Å². The lowest BCUT2D eigenvalue weighted by Gasteiger charge is -2.42. The molecule has 3 nitrogen and oxygen atoms in total. The number of hydrogen-bond acceptors (Lipinski definition) is 3. The van der Waals surface area contributed by atoms with Crippen molar-refractivity contribution in [3.63, 3.8) is 0 Å². The van der Waals surface area contributed by atoms with Crippen LogP contribution in [0.2, 0.25) is 0 Å². The van der Waals surface area contributed by atoms with Gasteiger partial charge in [-0.05, 0) is 11.8 Å².